The minimum absolute atomic E-state index is 0.109. The third-order valence-corrected chi connectivity index (χ3v) is 7.22. The zero-order chi connectivity index (χ0) is 26.6. The van der Waals surface area contributed by atoms with Gasteiger partial charge in [0.1, 0.15) is 11.6 Å². The molecule has 1 amide bonds. The Morgan fingerprint density at radius 1 is 1.18 bits per heavy atom. The van der Waals surface area contributed by atoms with Gasteiger partial charge in [0, 0.05) is 66.8 Å². The predicted molar refractivity (Wildman–Crippen MR) is 142 cm³/mol. The molecule has 2 aromatic carbocycles. The summed E-state index contributed by atoms with van der Waals surface area (Å²) in [6, 6.07) is 7.28. The van der Waals surface area contributed by atoms with E-state index in [2.05, 4.69) is 44.4 Å². The van der Waals surface area contributed by atoms with Gasteiger partial charge in [0.15, 0.2) is 5.82 Å². The number of aliphatic hydroxyl groups excluding tert-OH is 1. The lowest BCUT2D eigenvalue weighted by atomic mass is 9.92. The number of anilines is 2. The van der Waals surface area contributed by atoms with Crippen LogP contribution in [0.5, 0.6) is 6.01 Å². The van der Waals surface area contributed by atoms with E-state index in [1.807, 2.05) is 6.07 Å². The fourth-order valence-electron chi connectivity index (χ4n) is 5.34. The Balaban J connectivity index is 1.39. The second kappa shape index (κ2) is 9.48. The van der Waals surface area contributed by atoms with Crippen LogP contribution in [0, 0.1) is 5.82 Å². The molecule has 3 N–H and O–H groups in total. The van der Waals surface area contributed by atoms with Crippen molar-refractivity contribution in [3.63, 3.8) is 0 Å². The van der Waals surface area contributed by atoms with Crippen molar-refractivity contribution in [3.05, 3.63) is 48.0 Å². The molecule has 198 valence electrons. The monoisotopic (exact) mass is 519 g/mol. The van der Waals surface area contributed by atoms with Gasteiger partial charge in [0.05, 0.1) is 17.2 Å². The summed E-state index contributed by atoms with van der Waals surface area (Å²) in [5.74, 6) is -0.947. The highest BCUT2D eigenvalue weighted by atomic mass is 19.1. The normalized spacial score (nSPS) is 23.4. The third-order valence-electron chi connectivity index (χ3n) is 7.22. The number of nitrogens with zero attached hydrogens (tertiary/aromatic N) is 5. The van der Waals surface area contributed by atoms with Crippen molar-refractivity contribution in [1.29, 1.82) is 0 Å². The molecule has 38 heavy (non-hydrogen) atoms. The Morgan fingerprint density at radius 3 is 2.68 bits per heavy atom. The number of amides is 1. The van der Waals surface area contributed by atoms with Crippen LogP contribution in [0.25, 0.3) is 21.8 Å². The third kappa shape index (κ3) is 4.52. The summed E-state index contributed by atoms with van der Waals surface area (Å²) in [5, 5.41) is 21.7. The largest absolute Gasteiger partial charge is 0.457 e. The number of aromatic nitrogens is 4. The lowest BCUT2D eigenvalue weighted by Crippen LogP contribution is -2.54. The van der Waals surface area contributed by atoms with Crippen molar-refractivity contribution in [2.24, 2.45) is 7.05 Å². The van der Waals surface area contributed by atoms with Gasteiger partial charge in [0.2, 0.25) is 0 Å². The predicted octanol–water partition coefficient (Wildman–Crippen LogP) is 3.00. The van der Waals surface area contributed by atoms with E-state index in [-0.39, 0.29) is 29.7 Å². The molecule has 2 aromatic heterocycles. The summed E-state index contributed by atoms with van der Waals surface area (Å²) in [7, 11) is 1.72. The zero-order valence-corrected chi connectivity index (χ0v) is 21.5. The first-order valence-corrected chi connectivity index (χ1v) is 12.8. The molecule has 0 bridgehead atoms. The van der Waals surface area contributed by atoms with Gasteiger partial charge in [-0.05, 0) is 51.0 Å². The summed E-state index contributed by atoms with van der Waals surface area (Å²) in [5.41, 5.74) is 2.23. The molecule has 0 radical (unpaired) electrons. The molecule has 1 aliphatic heterocycles. The Morgan fingerprint density at radius 2 is 1.97 bits per heavy atom. The molecule has 1 aliphatic carbocycles. The molecule has 4 aromatic rings. The van der Waals surface area contributed by atoms with E-state index < -0.39 is 17.8 Å². The molecule has 2 fully saturated rings. The van der Waals surface area contributed by atoms with E-state index in [1.54, 1.807) is 31.6 Å². The van der Waals surface area contributed by atoms with Crippen LogP contribution in [0.1, 0.15) is 37.0 Å². The smallest absolute Gasteiger partial charge is 0.317 e. The van der Waals surface area contributed by atoms with Gasteiger partial charge >= 0.3 is 6.01 Å². The molecule has 4 atom stereocenters. The molecule has 2 aliphatic rings. The van der Waals surface area contributed by atoms with Gasteiger partial charge in [-0.25, -0.2) is 9.37 Å². The van der Waals surface area contributed by atoms with E-state index in [0.717, 1.165) is 25.2 Å². The average molecular weight is 520 g/mol. The first-order valence-electron chi connectivity index (χ1n) is 12.8. The number of rotatable bonds is 5. The number of hydrogen-bond donors (Lipinski definition) is 3. The highest BCUT2D eigenvalue weighted by molar-refractivity contribution is 6.14. The second-order valence-electron chi connectivity index (χ2n) is 10.4. The standard InChI is InChI=1S/C27H30FN7O3/c1-14-11-35(12-15(2)30-14)21-5-4-18(25-19(21)10-29-27(32-25)38-23-7-6-22(23)36)26(37)31-17-8-16-13-34(3)33-24(16)20(28)9-17/h4-5,8-10,13-15,22-23,30,36H,6-7,11-12H2,1-3H3,(H,31,37)/t14-,15-,22?,23?/m0/s1. The van der Waals surface area contributed by atoms with Crippen molar-refractivity contribution < 1.29 is 19.0 Å². The zero-order valence-electron chi connectivity index (χ0n) is 21.5. The van der Waals surface area contributed by atoms with Crippen LogP contribution in [0.4, 0.5) is 15.8 Å². The van der Waals surface area contributed by atoms with Gasteiger partial charge < -0.3 is 25.4 Å². The Kier molecular flexibility index (Phi) is 6.11. The molecule has 0 spiro atoms. The number of hydrogen-bond acceptors (Lipinski definition) is 8. The molecular weight excluding hydrogens is 489 g/mol. The van der Waals surface area contributed by atoms with E-state index in [0.29, 0.717) is 34.0 Å². The summed E-state index contributed by atoms with van der Waals surface area (Å²) in [4.78, 5) is 24.8. The SMILES string of the molecule is C[C@H]1CN(c2ccc(C(=O)Nc3cc(F)c4nn(C)cc4c3)c3nc(OC4CCC4O)ncc23)C[C@H](C)N1. The first kappa shape index (κ1) is 24.5. The number of nitrogens with one attached hydrogen (secondary N) is 2. The van der Waals surface area contributed by atoms with Crippen LogP contribution in [0.3, 0.4) is 0 Å². The number of aryl methyl sites for hydroxylation is 1. The van der Waals surface area contributed by atoms with Crippen molar-refractivity contribution in [2.45, 2.75) is 51.0 Å². The fraction of sp³-hybridized carbons (Fsp3) is 0.407. The maximum Gasteiger partial charge on any atom is 0.317 e. The highest BCUT2D eigenvalue weighted by Crippen LogP contribution is 2.32. The quantitative estimate of drug-likeness (QED) is 0.369. The minimum Gasteiger partial charge on any atom is -0.457 e. The minimum atomic E-state index is -0.551. The number of halogens is 1. The lowest BCUT2D eigenvalue weighted by Gasteiger charge is -2.38. The summed E-state index contributed by atoms with van der Waals surface area (Å²) in [6.07, 6.45) is 3.84. The Bertz CT molecular complexity index is 1530. The number of fused-ring (bicyclic) bond motifs is 2. The summed E-state index contributed by atoms with van der Waals surface area (Å²) < 4.78 is 22.0. The molecule has 11 heteroatoms. The van der Waals surface area contributed by atoms with Crippen LogP contribution in [-0.2, 0) is 7.05 Å². The molecule has 2 unspecified atom stereocenters. The maximum atomic E-state index is 14.6. The molecule has 3 heterocycles. The van der Waals surface area contributed by atoms with Crippen molar-refractivity contribution in [1.82, 2.24) is 25.1 Å². The van der Waals surface area contributed by atoms with E-state index in [4.69, 9.17) is 4.74 Å². The van der Waals surface area contributed by atoms with Gasteiger partial charge in [-0.2, -0.15) is 10.1 Å². The number of benzene rings is 2. The lowest BCUT2D eigenvalue weighted by molar-refractivity contribution is -0.0404. The topological polar surface area (TPSA) is 117 Å². The fourth-order valence-corrected chi connectivity index (χ4v) is 5.34. The number of aliphatic hydroxyl groups is 1. The van der Waals surface area contributed by atoms with Crippen molar-refractivity contribution >= 4 is 39.1 Å². The van der Waals surface area contributed by atoms with Crippen LogP contribution < -0.4 is 20.3 Å². The maximum absolute atomic E-state index is 14.6. The van der Waals surface area contributed by atoms with E-state index >= 15 is 0 Å². The van der Waals surface area contributed by atoms with Crippen molar-refractivity contribution in [2.75, 3.05) is 23.3 Å². The van der Waals surface area contributed by atoms with Gasteiger partial charge in [-0.1, -0.05) is 0 Å². The Hall–Kier alpha value is -3.83. The summed E-state index contributed by atoms with van der Waals surface area (Å²) >= 11 is 0. The number of ether oxygens (including phenoxy) is 1. The van der Waals surface area contributed by atoms with Crippen LogP contribution in [0.15, 0.2) is 36.7 Å². The summed E-state index contributed by atoms with van der Waals surface area (Å²) in [6.45, 7) is 5.86. The molecule has 6 rings (SSSR count). The van der Waals surface area contributed by atoms with Crippen LogP contribution >= 0.6 is 0 Å². The highest BCUT2D eigenvalue weighted by Gasteiger charge is 2.32. The average Bonchev–Trinajstić information content (AvgIpc) is 3.25. The van der Waals surface area contributed by atoms with E-state index in [1.165, 1.54) is 10.7 Å². The first-order chi connectivity index (χ1) is 18.2. The molecule has 10 nitrogen and oxygen atoms in total. The van der Waals surface area contributed by atoms with E-state index in [9.17, 15) is 14.3 Å². The molecule has 1 saturated carbocycles. The number of carbonyl (C=O) groups is 1. The number of piperazine rings is 1. The van der Waals surface area contributed by atoms with Gasteiger partial charge in [-0.3, -0.25) is 9.48 Å². The number of carbonyl (C=O) groups excluding carboxylic acids is 1. The van der Waals surface area contributed by atoms with Crippen LogP contribution in [-0.4, -0.2) is 68.1 Å². The van der Waals surface area contributed by atoms with Crippen LogP contribution in [0.2, 0.25) is 0 Å². The molecule has 1 saturated heterocycles. The van der Waals surface area contributed by atoms with Gasteiger partial charge in [0.25, 0.3) is 5.91 Å². The van der Waals surface area contributed by atoms with Gasteiger partial charge in [-0.15, -0.1) is 0 Å². The Labute approximate surface area is 218 Å². The van der Waals surface area contributed by atoms with Crippen molar-refractivity contribution in [3.8, 4) is 6.01 Å². The second-order valence-corrected chi connectivity index (χ2v) is 10.4. The molecular formula is C27H30FN7O3.